The van der Waals surface area contributed by atoms with E-state index in [1.165, 1.54) is 4.31 Å². The molecule has 3 rings (SSSR count). The molecule has 0 aliphatic rings. The molecule has 2 heterocycles. The third-order valence-corrected chi connectivity index (χ3v) is 6.96. The van der Waals surface area contributed by atoms with Gasteiger partial charge in [-0.15, -0.1) is 11.3 Å². The zero-order valence-electron chi connectivity index (χ0n) is 15.4. The van der Waals surface area contributed by atoms with Gasteiger partial charge in [0.2, 0.25) is 10.0 Å². The predicted molar refractivity (Wildman–Crippen MR) is 107 cm³/mol. The van der Waals surface area contributed by atoms with Crippen molar-refractivity contribution >= 4 is 21.4 Å². The normalized spacial score (nSPS) is 11.8. The Hall–Kier alpha value is -2.09. The topological polar surface area (TPSA) is 59.8 Å². The lowest BCUT2D eigenvalue weighted by atomic mass is 10.2. The van der Waals surface area contributed by atoms with Crippen LogP contribution in [0.3, 0.4) is 0 Å². The fourth-order valence-electron chi connectivity index (χ4n) is 2.80. The molecule has 0 N–H and O–H groups in total. The minimum atomic E-state index is -3.66. The summed E-state index contributed by atoms with van der Waals surface area (Å²) in [6, 6.07) is 12.5. The van der Waals surface area contributed by atoms with Crippen LogP contribution in [0.25, 0.3) is 0 Å². The molecule has 0 fully saturated rings. The van der Waals surface area contributed by atoms with Crippen molar-refractivity contribution in [2.75, 3.05) is 13.2 Å². The third-order valence-electron chi connectivity index (χ3n) is 4.18. The molecule has 0 saturated carbocycles. The van der Waals surface area contributed by atoms with Crippen molar-refractivity contribution in [2.24, 2.45) is 0 Å². The van der Waals surface area contributed by atoms with E-state index < -0.39 is 10.0 Å². The molecule has 2 aromatic heterocycles. The fourth-order valence-corrected chi connectivity index (χ4v) is 4.99. The second kappa shape index (κ2) is 8.73. The largest absolute Gasteiger partial charge is 0.494 e. The van der Waals surface area contributed by atoms with E-state index in [-0.39, 0.29) is 11.4 Å². The number of furan rings is 1. The number of thiophene rings is 1. The molecular weight excluding hydrogens is 382 g/mol. The number of sulfonamides is 1. The zero-order valence-corrected chi connectivity index (χ0v) is 17.1. The lowest BCUT2D eigenvalue weighted by molar-refractivity contribution is 0.337. The van der Waals surface area contributed by atoms with Gasteiger partial charge in [-0.05, 0) is 67.6 Å². The Kier molecular flexibility index (Phi) is 6.36. The molecule has 0 saturated heterocycles. The van der Waals surface area contributed by atoms with E-state index in [1.807, 2.05) is 31.4 Å². The molecule has 0 unspecified atom stereocenters. The molecule has 144 valence electrons. The highest BCUT2D eigenvalue weighted by Gasteiger charge is 2.26. The monoisotopic (exact) mass is 405 g/mol. The van der Waals surface area contributed by atoms with Gasteiger partial charge in [0, 0.05) is 11.4 Å². The van der Waals surface area contributed by atoms with Gasteiger partial charge < -0.3 is 9.15 Å². The number of nitrogens with zero attached hydrogens (tertiary/aromatic N) is 1. The molecular formula is C20H23NO4S2. The van der Waals surface area contributed by atoms with Crippen LogP contribution in [-0.4, -0.2) is 25.9 Å². The summed E-state index contributed by atoms with van der Waals surface area (Å²) in [6.07, 6.45) is 2.22. The highest BCUT2D eigenvalue weighted by atomic mass is 32.2. The summed E-state index contributed by atoms with van der Waals surface area (Å²) in [7, 11) is -3.66. The van der Waals surface area contributed by atoms with Gasteiger partial charge in [0.25, 0.3) is 0 Å². The van der Waals surface area contributed by atoms with E-state index in [9.17, 15) is 8.42 Å². The van der Waals surface area contributed by atoms with Gasteiger partial charge >= 0.3 is 0 Å². The van der Waals surface area contributed by atoms with E-state index >= 15 is 0 Å². The molecule has 0 aliphatic heterocycles. The van der Waals surface area contributed by atoms with E-state index in [1.54, 1.807) is 47.9 Å². The number of benzene rings is 1. The summed E-state index contributed by atoms with van der Waals surface area (Å²) in [6.45, 7) is 4.88. The Balaban J connectivity index is 1.87. The Morgan fingerprint density at radius 2 is 2.04 bits per heavy atom. The highest BCUT2D eigenvalue weighted by molar-refractivity contribution is 7.89. The quantitative estimate of drug-likeness (QED) is 0.527. The van der Waals surface area contributed by atoms with Crippen molar-refractivity contribution in [3.8, 4) is 5.75 Å². The maximum atomic E-state index is 13.3. The molecule has 0 bridgehead atoms. The van der Waals surface area contributed by atoms with Crippen molar-refractivity contribution in [1.82, 2.24) is 4.31 Å². The molecule has 7 heteroatoms. The standard InChI is InChI=1S/C20H23NO4S2/c1-3-24-20-9-8-19(14-16(20)2)27(22,23)21(15-17-6-4-12-25-17)11-10-18-7-5-13-26-18/h4-9,12-14H,3,10-11,15H2,1-2H3. The van der Waals surface area contributed by atoms with Crippen LogP contribution in [0.15, 0.2) is 63.4 Å². The van der Waals surface area contributed by atoms with Crippen molar-refractivity contribution in [2.45, 2.75) is 31.7 Å². The second-order valence-electron chi connectivity index (χ2n) is 6.11. The van der Waals surface area contributed by atoms with Crippen molar-refractivity contribution in [3.63, 3.8) is 0 Å². The van der Waals surface area contributed by atoms with E-state index in [4.69, 9.17) is 9.15 Å². The minimum absolute atomic E-state index is 0.201. The summed E-state index contributed by atoms with van der Waals surface area (Å²) in [5, 5.41) is 2.00. The maximum Gasteiger partial charge on any atom is 0.243 e. The molecule has 3 aromatic rings. The lowest BCUT2D eigenvalue weighted by Crippen LogP contribution is -2.32. The van der Waals surface area contributed by atoms with Crippen LogP contribution < -0.4 is 4.74 Å². The number of ether oxygens (including phenoxy) is 1. The van der Waals surface area contributed by atoms with Crippen molar-refractivity contribution in [3.05, 3.63) is 70.3 Å². The first-order valence-electron chi connectivity index (χ1n) is 8.79. The molecule has 1 aromatic carbocycles. The van der Waals surface area contributed by atoms with Crippen molar-refractivity contribution in [1.29, 1.82) is 0 Å². The summed E-state index contributed by atoms with van der Waals surface area (Å²) < 4.78 is 39.0. The van der Waals surface area contributed by atoms with E-state index in [0.717, 1.165) is 10.4 Å². The molecule has 0 spiro atoms. The number of hydrogen-bond acceptors (Lipinski definition) is 5. The van der Waals surface area contributed by atoms with E-state index in [2.05, 4.69) is 0 Å². The van der Waals surface area contributed by atoms with Gasteiger partial charge in [0.1, 0.15) is 11.5 Å². The molecule has 0 atom stereocenters. The molecule has 0 radical (unpaired) electrons. The van der Waals surface area contributed by atoms with Crippen LogP contribution in [0.2, 0.25) is 0 Å². The summed E-state index contributed by atoms with van der Waals surface area (Å²) >= 11 is 1.63. The maximum absolute atomic E-state index is 13.3. The van der Waals surface area contributed by atoms with Gasteiger partial charge in [0.15, 0.2) is 0 Å². The average Bonchev–Trinajstić information content (AvgIpc) is 3.34. The Bertz CT molecular complexity index is 948. The summed E-state index contributed by atoms with van der Waals surface area (Å²) in [5.41, 5.74) is 0.800. The van der Waals surface area contributed by atoms with Crippen LogP contribution in [0.4, 0.5) is 0 Å². The fraction of sp³-hybridized carbons (Fsp3) is 0.300. The van der Waals surface area contributed by atoms with Crippen LogP contribution >= 0.6 is 11.3 Å². The van der Waals surface area contributed by atoms with Gasteiger partial charge in [-0.25, -0.2) is 8.42 Å². The Morgan fingerprint density at radius 1 is 1.19 bits per heavy atom. The molecule has 0 aliphatic carbocycles. The highest BCUT2D eigenvalue weighted by Crippen LogP contribution is 2.25. The second-order valence-corrected chi connectivity index (χ2v) is 9.08. The van der Waals surface area contributed by atoms with Gasteiger partial charge in [-0.2, -0.15) is 4.31 Å². The first-order chi connectivity index (χ1) is 13.0. The summed E-state index contributed by atoms with van der Waals surface area (Å²) in [4.78, 5) is 1.42. The number of aryl methyl sites for hydroxylation is 1. The van der Waals surface area contributed by atoms with E-state index in [0.29, 0.717) is 31.1 Å². The molecule has 0 amide bonds. The zero-order chi connectivity index (χ0) is 19.3. The first kappa shape index (κ1) is 19.7. The van der Waals surface area contributed by atoms with Crippen LogP contribution in [0, 0.1) is 6.92 Å². The Labute approximate surface area is 164 Å². The molecule has 5 nitrogen and oxygen atoms in total. The van der Waals surface area contributed by atoms with Gasteiger partial charge in [0.05, 0.1) is 24.3 Å². The number of rotatable bonds is 9. The SMILES string of the molecule is CCOc1ccc(S(=O)(=O)N(CCc2cccs2)Cc2ccco2)cc1C. The molecule has 27 heavy (non-hydrogen) atoms. The smallest absolute Gasteiger partial charge is 0.243 e. The first-order valence-corrected chi connectivity index (χ1v) is 11.1. The van der Waals surface area contributed by atoms with Crippen molar-refractivity contribution < 1.29 is 17.6 Å². The minimum Gasteiger partial charge on any atom is -0.494 e. The average molecular weight is 406 g/mol. The Morgan fingerprint density at radius 3 is 2.67 bits per heavy atom. The third kappa shape index (κ3) is 4.80. The van der Waals surface area contributed by atoms with Gasteiger partial charge in [-0.3, -0.25) is 0 Å². The lowest BCUT2D eigenvalue weighted by Gasteiger charge is -2.21. The predicted octanol–water partition coefficient (Wildman–Crippen LogP) is 4.48. The van der Waals surface area contributed by atoms with Gasteiger partial charge in [-0.1, -0.05) is 6.07 Å². The van der Waals surface area contributed by atoms with Crippen LogP contribution in [0.1, 0.15) is 23.1 Å². The summed E-state index contributed by atoms with van der Waals surface area (Å²) in [5.74, 6) is 1.32. The number of hydrogen-bond donors (Lipinski definition) is 0. The van der Waals surface area contributed by atoms with Crippen LogP contribution in [0.5, 0.6) is 5.75 Å². The van der Waals surface area contributed by atoms with Crippen LogP contribution in [-0.2, 0) is 23.0 Å².